The highest BCUT2D eigenvalue weighted by molar-refractivity contribution is 5.93. The maximum absolute atomic E-state index is 12.5. The smallest absolute Gasteiger partial charge is 0.335 e. The van der Waals surface area contributed by atoms with Crippen LogP contribution in [0.3, 0.4) is 0 Å². The topological polar surface area (TPSA) is 154 Å². The summed E-state index contributed by atoms with van der Waals surface area (Å²) < 4.78 is 0. The Morgan fingerprint density at radius 1 is 0.722 bits per heavy atom. The van der Waals surface area contributed by atoms with E-state index in [1.165, 1.54) is 24.3 Å². The lowest BCUT2D eigenvalue weighted by molar-refractivity contribution is -0.163. The molecule has 3 rings (SSSR count). The van der Waals surface area contributed by atoms with Crippen LogP contribution in [0.4, 0.5) is 0 Å². The molecule has 0 heterocycles. The molecule has 0 aliphatic rings. The van der Waals surface area contributed by atoms with Gasteiger partial charge in [0.25, 0.3) is 5.91 Å². The predicted octanol–water partition coefficient (Wildman–Crippen LogP) is 2.25. The quantitative estimate of drug-likeness (QED) is 0.178. The van der Waals surface area contributed by atoms with Crippen LogP contribution in [-0.4, -0.2) is 45.4 Å². The van der Waals surface area contributed by atoms with Crippen molar-refractivity contribution < 1.29 is 39.4 Å². The Hall–Kier alpha value is -4.09. The molecule has 5 N–H and O–H groups in total. The Labute approximate surface area is 207 Å². The van der Waals surface area contributed by atoms with Gasteiger partial charge in [-0.1, -0.05) is 72.8 Å². The first-order chi connectivity index (χ1) is 17.3. The minimum atomic E-state index is -1.44. The summed E-state index contributed by atoms with van der Waals surface area (Å²) in [6, 6.07) is 23.5. The number of hydroxylamine groups is 2. The SMILES string of the molecule is O=C(NOC(Cc1ccccc1)C(=O)O)c1cccc(C(O)NO[C@H](Cc2ccccc2)C(=O)O)c1. The summed E-state index contributed by atoms with van der Waals surface area (Å²) in [4.78, 5) is 45.9. The second kappa shape index (κ2) is 13.1. The van der Waals surface area contributed by atoms with E-state index in [9.17, 15) is 29.7 Å². The van der Waals surface area contributed by atoms with Crippen molar-refractivity contribution in [2.75, 3.05) is 0 Å². The van der Waals surface area contributed by atoms with Crippen LogP contribution in [-0.2, 0) is 32.1 Å². The Bertz CT molecular complexity index is 1160. The molecule has 3 aromatic carbocycles. The number of aliphatic hydroxyl groups excluding tert-OH is 1. The van der Waals surface area contributed by atoms with Gasteiger partial charge in [0, 0.05) is 18.4 Å². The van der Waals surface area contributed by atoms with Crippen molar-refractivity contribution >= 4 is 17.8 Å². The number of benzene rings is 3. The maximum atomic E-state index is 12.5. The van der Waals surface area contributed by atoms with Crippen molar-refractivity contribution in [2.45, 2.75) is 31.3 Å². The molecule has 0 radical (unpaired) electrons. The van der Waals surface area contributed by atoms with Crippen LogP contribution in [0.15, 0.2) is 84.9 Å². The number of hydrogen-bond donors (Lipinski definition) is 5. The third kappa shape index (κ3) is 8.00. The van der Waals surface area contributed by atoms with Gasteiger partial charge in [0.1, 0.15) is 0 Å². The lowest BCUT2D eigenvalue weighted by Crippen LogP contribution is -2.36. The maximum Gasteiger partial charge on any atom is 0.335 e. The molecule has 3 aromatic rings. The van der Waals surface area contributed by atoms with Crippen molar-refractivity contribution in [2.24, 2.45) is 0 Å². The number of carbonyl (C=O) groups is 3. The van der Waals surface area contributed by atoms with Gasteiger partial charge in [0.05, 0.1) is 0 Å². The molecule has 10 nitrogen and oxygen atoms in total. The third-order valence-electron chi connectivity index (χ3n) is 5.16. The average Bonchev–Trinajstić information content (AvgIpc) is 2.89. The Balaban J connectivity index is 1.57. The van der Waals surface area contributed by atoms with Crippen molar-refractivity contribution in [3.63, 3.8) is 0 Å². The summed E-state index contributed by atoms with van der Waals surface area (Å²) in [7, 11) is 0. The summed E-state index contributed by atoms with van der Waals surface area (Å²) in [6.07, 6.45) is -3.90. The number of nitrogens with one attached hydrogen (secondary N) is 2. The van der Waals surface area contributed by atoms with Gasteiger partial charge < -0.3 is 15.3 Å². The molecule has 2 unspecified atom stereocenters. The van der Waals surface area contributed by atoms with E-state index in [1.807, 2.05) is 0 Å². The summed E-state index contributed by atoms with van der Waals surface area (Å²) in [5.74, 6) is -3.18. The fourth-order valence-corrected chi connectivity index (χ4v) is 3.26. The lowest BCUT2D eigenvalue weighted by atomic mass is 10.1. The van der Waals surface area contributed by atoms with Crippen LogP contribution >= 0.6 is 0 Å². The fraction of sp³-hybridized carbons (Fsp3) is 0.192. The highest BCUT2D eigenvalue weighted by Gasteiger charge is 2.23. The molecule has 10 heteroatoms. The molecule has 0 aliphatic carbocycles. The Morgan fingerprint density at radius 3 is 1.78 bits per heavy atom. The third-order valence-corrected chi connectivity index (χ3v) is 5.16. The van der Waals surface area contributed by atoms with E-state index in [0.717, 1.165) is 11.1 Å². The predicted molar refractivity (Wildman–Crippen MR) is 127 cm³/mol. The lowest BCUT2D eigenvalue weighted by Gasteiger charge is -2.18. The van der Waals surface area contributed by atoms with E-state index < -0.39 is 36.3 Å². The molecular weight excluding hydrogens is 468 g/mol. The standard InChI is InChI=1S/C26H26N2O8/c29-23(27-35-21(25(31)32)14-17-8-3-1-4-9-17)19-12-7-13-20(16-19)24(30)28-36-22(26(33)34)15-18-10-5-2-6-11-18/h1-13,16,21-23,27,29H,14-15H2,(H,28,30)(H,31,32)(H,33,34)/t21-,22?,23?/m1/s1. The number of hydrogen-bond acceptors (Lipinski definition) is 7. The van der Waals surface area contributed by atoms with Gasteiger partial charge in [0.2, 0.25) is 0 Å². The normalized spacial score (nSPS) is 13.4. The summed E-state index contributed by atoms with van der Waals surface area (Å²) in [5.41, 5.74) is 6.18. The van der Waals surface area contributed by atoms with Gasteiger partial charge in [-0.25, -0.2) is 15.1 Å². The monoisotopic (exact) mass is 494 g/mol. The summed E-state index contributed by atoms with van der Waals surface area (Å²) >= 11 is 0. The molecule has 36 heavy (non-hydrogen) atoms. The number of carboxylic acid groups (broad SMARTS) is 2. The van der Waals surface area contributed by atoms with E-state index in [4.69, 9.17) is 9.68 Å². The molecule has 1 amide bonds. The first-order valence-corrected chi connectivity index (χ1v) is 11.0. The van der Waals surface area contributed by atoms with E-state index >= 15 is 0 Å². The zero-order valence-electron chi connectivity index (χ0n) is 19.1. The molecule has 0 spiro atoms. The van der Waals surface area contributed by atoms with Crippen LogP contribution in [0.25, 0.3) is 0 Å². The van der Waals surface area contributed by atoms with E-state index in [0.29, 0.717) is 0 Å². The number of carboxylic acids is 2. The molecule has 0 bridgehead atoms. The van der Waals surface area contributed by atoms with Gasteiger partial charge in [-0.05, 0) is 28.8 Å². The molecule has 188 valence electrons. The fourth-order valence-electron chi connectivity index (χ4n) is 3.26. The molecule has 0 aromatic heterocycles. The van der Waals surface area contributed by atoms with Crippen molar-refractivity contribution in [3.8, 4) is 0 Å². The zero-order chi connectivity index (χ0) is 25.9. The molecule has 3 atom stereocenters. The first-order valence-electron chi connectivity index (χ1n) is 11.0. The van der Waals surface area contributed by atoms with Crippen molar-refractivity contribution in [3.05, 3.63) is 107 Å². The van der Waals surface area contributed by atoms with Gasteiger partial charge in [-0.3, -0.25) is 14.5 Å². The van der Waals surface area contributed by atoms with Gasteiger partial charge in [-0.15, -0.1) is 0 Å². The molecule has 0 saturated carbocycles. The first kappa shape index (κ1) is 26.5. The number of aliphatic hydroxyl groups is 1. The van der Waals surface area contributed by atoms with Gasteiger partial charge in [0.15, 0.2) is 18.4 Å². The number of rotatable bonds is 13. The Kier molecular flexibility index (Phi) is 9.66. The van der Waals surface area contributed by atoms with E-state index in [-0.39, 0.29) is 24.0 Å². The molecule has 0 saturated heterocycles. The van der Waals surface area contributed by atoms with Crippen molar-refractivity contribution in [1.29, 1.82) is 0 Å². The number of amides is 1. The van der Waals surface area contributed by atoms with Crippen LogP contribution in [0.2, 0.25) is 0 Å². The molecule has 0 aliphatic heterocycles. The summed E-state index contributed by atoms with van der Waals surface area (Å²) in [6.45, 7) is 0. The van der Waals surface area contributed by atoms with Crippen LogP contribution in [0, 0.1) is 0 Å². The number of aliphatic carboxylic acids is 2. The Morgan fingerprint density at radius 2 is 1.25 bits per heavy atom. The second-order valence-corrected chi connectivity index (χ2v) is 7.85. The van der Waals surface area contributed by atoms with Crippen LogP contribution in [0.5, 0.6) is 0 Å². The average molecular weight is 495 g/mol. The van der Waals surface area contributed by atoms with Gasteiger partial charge >= 0.3 is 11.9 Å². The number of carbonyl (C=O) groups excluding carboxylic acids is 1. The molecular formula is C26H26N2O8. The van der Waals surface area contributed by atoms with E-state index in [1.54, 1.807) is 60.7 Å². The minimum Gasteiger partial charge on any atom is -0.479 e. The minimum absolute atomic E-state index is 0.0458. The van der Waals surface area contributed by atoms with Crippen LogP contribution < -0.4 is 11.0 Å². The molecule has 0 fully saturated rings. The van der Waals surface area contributed by atoms with Gasteiger partial charge in [-0.2, -0.15) is 5.48 Å². The van der Waals surface area contributed by atoms with Crippen LogP contribution in [0.1, 0.15) is 33.3 Å². The largest absolute Gasteiger partial charge is 0.479 e. The van der Waals surface area contributed by atoms with Crippen molar-refractivity contribution in [1.82, 2.24) is 11.0 Å². The van der Waals surface area contributed by atoms with E-state index in [2.05, 4.69) is 11.0 Å². The highest BCUT2D eigenvalue weighted by atomic mass is 16.7. The second-order valence-electron chi connectivity index (χ2n) is 7.85. The highest BCUT2D eigenvalue weighted by Crippen LogP contribution is 2.14. The summed E-state index contributed by atoms with van der Waals surface area (Å²) in [5, 5.41) is 29.2. The zero-order valence-corrected chi connectivity index (χ0v) is 19.1.